The van der Waals surface area contributed by atoms with Crippen LogP contribution in [0.15, 0.2) is 53.4 Å². The highest BCUT2D eigenvalue weighted by molar-refractivity contribution is 6.33. The predicted octanol–water partition coefficient (Wildman–Crippen LogP) is 4.38. The van der Waals surface area contributed by atoms with Gasteiger partial charge in [-0.15, -0.1) is 0 Å². The molecule has 4 heterocycles. The predicted molar refractivity (Wildman–Crippen MR) is 99.4 cm³/mol. The standard InChI is InChI=1S/C19H15ClN4O2/c1-11-18(24-7-3-4-14(20)19(24)23-11)13-8-15(26-10-13)17(21)12-5-6-16(25-2)22-9-12/h3-10,21H,1-2H3. The van der Waals surface area contributed by atoms with Gasteiger partial charge >= 0.3 is 0 Å². The minimum atomic E-state index is 0.246. The Labute approximate surface area is 154 Å². The van der Waals surface area contributed by atoms with Crippen LogP contribution >= 0.6 is 11.6 Å². The van der Waals surface area contributed by atoms with Crippen molar-refractivity contribution in [3.63, 3.8) is 0 Å². The number of nitrogens with zero attached hydrogens (tertiary/aromatic N) is 3. The Kier molecular flexibility index (Phi) is 3.97. The van der Waals surface area contributed by atoms with Gasteiger partial charge in [0.05, 0.1) is 23.5 Å². The van der Waals surface area contributed by atoms with Crippen LogP contribution in [0.5, 0.6) is 5.88 Å². The summed E-state index contributed by atoms with van der Waals surface area (Å²) in [4.78, 5) is 8.66. The molecule has 1 N–H and O–H groups in total. The molecule has 0 saturated carbocycles. The van der Waals surface area contributed by atoms with Crippen LogP contribution in [-0.2, 0) is 0 Å². The fourth-order valence-corrected chi connectivity index (χ4v) is 3.08. The maximum Gasteiger partial charge on any atom is 0.212 e. The number of pyridine rings is 2. The third kappa shape index (κ3) is 2.64. The Morgan fingerprint density at radius 3 is 2.88 bits per heavy atom. The van der Waals surface area contributed by atoms with E-state index in [-0.39, 0.29) is 5.71 Å². The lowest BCUT2D eigenvalue weighted by Crippen LogP contribution is -2.00. The zero-order valence-electron chi connectivity index (χ0n) is 14.2. The van der Waals surface area contributed by atoms with Crippen LogP contribution < -0.4 is 4.74 Å². The topological polar surface area (TPSA) is 76.4 Å². The average molecular weight is 367 g/mol. The molecule has 6 nitrogen and oxygen atoms in total. The molecule has 0 aromatic carbocycles. The molecule has 130 valence electrons. The summed E-state index contributed by atoms with van der Waals surface area (Å²) in [5.74, 6) is 0.947. The lowest BCUT2D eigenvalue weighted by atomic mass is 10.1. The number of hydrogen-bond donors (Lipinski definition) is 1. The molecule has 0 atom stereocenters. The number of furan rings is 1. The Hall–Kier alpha value is -3.12. The van der Waals surface area contributed by atoms with Crippen molar-refractivity contribution < 1.29 is 9.15 Å². The summed E-state index contributed by atoms with van der Waals surface area (Å²) >= 11 is 6.23. The molecular weight excluding hydrogens is 352 g/mol. The molecule has 0 saturated heterocycles. The second-order valence-electron chi connectivity index (χ2n) is 5.76. The maximum atomic E-state index is 8.37. The van der Waals surface area contributed by atoms with Crippen molar-refractivity contribution in [1.82, 2.24) is 14.4 Å². The van der Waals surface area contributed by atoms with Crippen LogP contribution in [0.3, 0.4) is 0 Å². The lowest BCUT2D eigenvalue weighted by molar-refractivity contribution is 0.398. The van der Waals surface area contributed by atoms with Gasteiger partial charge in [-0.2, -0.15) is 0 Å². The number of hydrogen-bond acceptors (Lipinski definition) is 5. The summed E-state index contributed by atoms with van der Waals surface area (Å²) in [5.41, 5.74) is 4.14. The number of fused-ring (bicyclic) bond motifs is 1. The molecule has 7 heteroatoms. The lowest BCUT2D eigenvalue weighted by Gasteiger charge is -2.02. The van der Waals surface area contributed by atoms with Gasteiger partial charge in [-0.1, -0.05) is 11.6 Å². The summed E-state index contributed by atoms with van der Waals surface area (Å²) in [5, 5.41) is 8.96. The third-order valence-corrected chi connectivity index (χ3v) is 4.43. The van der Waals surface area contributed by atoms with Crippen molar-refractivity contribution in [2.75, 3.05) is 7.11 Å². The number of nitrogens with one attached hydrogen (secondary N) is 1. The smallest absolute Gasteiger partial charge is 0.212 e. The molecule has 0 aliphatic carbocycles. The van der Waals surface area contributed by atoms with Gasteiger partial charge < -0.3 is 9.15 Å². The Morgan fingerprint density at radius 2 is 2.15 bits per heavy atom. The van der Waals surface area contributed by atoms with Crippen LogP contribution in [0.4, 0.5) is 0 Å². The van der Waals surface area contributed by atoms with E-state index < -0.39 is 0 Å². The molecule has 0 bridgehead atoms. The quantitative estimate of drug-likeness (QED) is 0.544. The van der Waals surface area contributed by atoms with Gasteiger partial charge in [0.25, 0.3) is 0 Å². The van der Waals surface area contributed by atoms with E-state index in [1.165, 1.54) is 0 Å². The summed E-state index contributed by atoms with van der Waals surface area (Å²) in [6.07, 6.45) is 5.11. The van der Waals surface area contributed by atoms with Crippen molar-refractivity contribution >= 4 is 23.0 Å². The number of imidazole rings is 1. The number of aryl methyl sites for hydroxylation is 1. The van der Waals surface area contributed by atoms with Crippen LogP contribution in [0.25, 0.3) is 16.9 Å². The van der Waals surface area contributed by atoms with Crippen molar-refractivity contribution in [2.24, 2.45) is 0 Å². The number of methoxy groups -OCH3 is 1. The maximum absolute atomic E-state index is 8.37. The first-order valence-electron chi connectivity index (χ1n) is 7.90. The Morgan fingerprint density at radius 1 is 1.31 bits per heavy atom. The van der Waals surface area contributed by atoms with E-state index in [9.17, 15) is 0 Å². The van der Waals surface area contributed by atoms with E-state index in [0.29, 0.717) is 27.9 Å². The van der Waals surface area contributed by atoms with Gasteiger partial charge in [0, 0.05) is 29.6 Å². The van der Waals surface area contributed by atoms with E-state index in [1.54, 1.807) is 37.8 Å². The van der Waals surface area contributed by atoms with Gasteiger partial charge in [-0.25, -0.2) is 9.97 Å². The molecule has 4 aromatic rings. The van der Waals surface area contributed by atoms with Crippen LogP contribution in [0.2, 0.25) is 5.02 Å². The van der Waals surface area contributed by atoms with Gasteiger partial charge in [0.2, 0.25) is 5.88 Å². The third-order valence-electron chi connectivity index (χ3n) is 4.13. The molecule has 4 aromatic heterocycles. The first-order chi connectivity index (χ1) is 12.6. The first-order valence-corrected chi connectivity index (χ1v) is 8.27. The molecule has 0 aliphatic rings. The minimum Gasteiger partial charge on any atom is -0.481 e. The van der Waals surface area contributed by atoms with E-state index in [4.69, 9.17) is 26.2 Å². The molecular formula is C19H15ClN4O2. The number of rotatable bonds is 4. The minimum absolute atomic E-state index is 0.246. The highest BCUT2D eigenvalue weighted by atomic mass is 35.5. The first kappa shape index (κ1) is 16.4. The fraction of sp³-hybridized carbons (Fsp3) is 0.105. The second-order valence-corrected chi connectivity index (χ2v) is 6.17. The monoisotopic (exact) mass is 366 g/mol. The van der Waals surface area contributed by atoms with E-state index in [0.717, 1.165) is 17.0 Å². The van der Waals surface area contributed by atoms with Crippen molar-refractivity contribution in [3.8, 4) is 17.1 Å². The molecule has 0 unspecified atom stereocenters. The van der Waals surface area contributed by atoms with Gasteiger partial charge in [-0.05, 0) is 31.2 Å². The van der Waals surface area contributed by atoms with Gasteiger partial charge in [-0.3, -0.25) is 9.81 Å². The summed E-state index contributed by atoms with van der Waals surface area (Å²) < 4.78 is 12.6. The second kappa shape index (κ2) is 6.31. The molecule has 4 rings (SSSR count). The SMILES string of the molecule is COc1ccc(C(=N)c2cc(-c3c(C)nc4c(Cl)cccn34)co2)cn1. The zero-order valence-corrected chi connectivity index (χ0v) is 14.9. The number of aromatic nitrogens is 3. The van der Waals surface area contributed by atoms with E-state index >= 15 is 0 Å². The van der Waals surface area contributed by atoms with Crippen molar-refractivity contribution in [3.05, 3.63) is 71.0 Å². The summed E-state index contributed by atoms with van der Waals surface area (Å²) in [7, 11) is 1.55. The highest BCUT2D eigenvalue weighted by Gasteiger charge is 2.17. The van der Waals surface area contributed by atoms with E-state index in [1.807, 2.05) is 29.7 Å². The largest absolute Gasteiger partial charge is 0.481 e. The van der Waals surface area contributed by atoms with Gasteiger partial charge in [0.1, 0.15) is 12.0 Å². The van der Waals surface area contributed by atoms with Crippen LogP contribution in [-0.4, -0.2) is 27.2 Å². The van der Waals surface area contributed by atoms with E-state index in [2.05, 4.69) is 9.97 Å². The summed E-state index contributed by atoms with van der Waals surface area (Å²) in [6.45, 7) is 1.92. The normalized spacial score (nSPS) is 11.0. The highest BCUT2D eigenvalue weighted by Crippen LogP contribution is 2.29. The molecule has 0 fully saturated rings. The fourth-order valence-electron chi connectivity index (χ4n) is 2.88. The molecule has 26 heavy (non-hydrogen) atoms. The summed E-state index contributed by atoms with van der Waals surface area (Å²) in [6, 6.07) is 8.98. The number of halogens is 1. The molecule has 0 spiro atoms. The van der Waals surface area contributed by atoms with Gasteiger partial charge in [0.15, 0.2) is 11.4 Å². The Balaban J connectivity index is 1.73. The molecule has 0 aliphatic heterocycles. The van der Waals surface area contributed by atoms with Crippen LogP contribution in [0.1, 0.15) is 17.0 Å². The zero-order chi connectivity index (χ0) is 18.3. The van der Waals surface area contributed by atoms with Crippen LogP contribution in [0, 0.1) is 12.3 Å². The number of ether oxygens (including phenoxy) is 1. The van der Waals surface area contributed by atoms with Crippen molar-refractivity contribution in [1.29, 1.82) is 5.41 Å². The molecule has 0 radical (unpaired) electrons. The Bertz CT molecular complexity index is 1110. The average Bonchev–Trinajstić information content (AvgIpc) is 3.26. The van der Waals surface area contributed by atoms with Crippen molar-refractivity contribution in [2.45, 2.75) is 6.92 Å². The molecule has 0 amide bonds.